The Morgan fingerprint density at radius 1 is 1.42 bits per heavy atom. The fourth-order valence-electron chi connectivity index (χ4n) is 2.81. The van der Waals surface area contributed by atoms with Crippen molar-refractivity contribution in [2.24, 2.45) is 11.0 Å². The molecule has 2 aromatic heterocycles. The van der Waals surface area contributed by atoms with E-state index in [1.54, 1.807) is 5.01 Å². The summed E-state index contributed by atoms with van der Waals surface area (Å²) in [7, 11) is 1.13. The first kappa shape index (κ1) is 18.2. The van der Waals surface area contributed by atoms with Gasteiger partial charge in [0.05, 0.1) is 18.7 Å². The zero-order valence-electron chi connectivity index (χ0n) is 14.2. The second-order valence-corrected chi connectivity index (χ2v) is 5.96. The van der Waals surface area contributed by atoms with Crippen LogP contribution in [0.4, 0.5) is 13.2 Å². The van der Waals surface area contributed by atoms with Crippen LogP contribution >= 0.6 is 0 Å². The van der Waals surface area contributed by atoms with Gasteiger partial charge in [0, 0.05) is 30.8 Å². The Kier molecular flexibility index (Phi) is 4.90. The second-order valence-electron chi connectivity index (χ2n) is 5.96. The standard InChI is InChI=1S/C17H17F3N4O2/c1-3-24-8-11(6-22-24)14(25)13-5-10-4-12(18)7-21-16(10)23-15(13)17(19,20)9-26-2/h4-7,11H,3,8-9H2,1-2H3. The highest BCUT2D eigenvalue weighted by Gasteiger charge is 2.39. The van der Waals surface area contributed by atoms with Crippen molar-refractivity contribution in [1.29, 1.82) is 0 Å². The highest BCUT2D eigenvalue weighted by Crippen LogP contribution is 2.33. The zero-order chi connectivity index (χ0) is 18.9. The van der Waals surface area contributed by atoms with Crippen LogP contribution in [0.25, 0.3) is 11.0 Å². The molecule has 0 N–H and O–H groups in total. The lowest BCUT2D eigenvalue weighted by Gasteiger charge is -2.20. The number of rotatable bonds is 6. The van der Waals surface area contributed by atoms with E-state index < -0.39 is 35.7 Å². The van der Waals surface area contributed by atoms with Crippen LogP contribution in [0.5, 0.6) is 0 Å². The Hall–Kier alpha value is -2.55. The third-order valence-electron chi connectivity index (χ3n) is 4.09. The van der Waals surface area contributed by atoms with Gasteiger partial charge >= 0.3 is 5.92 Å². The van der Waals surface area contributed by atoms with E-state index in [9.17, 15) is 18.0 Å². The summed E-state index contributed by atoms with van der Waals surface area (Å²) in [5, 5.41) is 5.90. The number of pyridine rings is 2. The van der Waals surface area contributed by atoms with Crippen molar-refractivity contribution in [2.45, 2.75) is 12.8 Å². The molecule has 26 heavy (non-hydrogen) atoms. The fraction of sp³-hybridized carbons (Fsp3) is 0.412. The van der Waals surface area contributed by atoms with Gasteiger partial charge in [-0.1, -0.05) is 0 Å². The number of Topliss-reactive ketones (excluding diaryl/α,β-unsaturated/α-hetero) is 1. The van der Waals surface area contributed by atoms with Crippen molar-refractivity contribution < 1.29 is 22.7 Å². The Bertz CT molecular complexity index is 872. The van der Waals surface area contributed by atoms with E-state index in [-0.39, 0.29) is 16.6 Å². The van der Waals surface area contributed by atoms with Crippen LogP contribution in [0.3, 0.4) is 0 Å². The maximum Gasteiger partial charge on any atom is 0.313 e. The van der Waals surface area contributed by atoms with Crippen LogP contribution in [-0.4, -0.2) is 53.8 Å². The Morgan fingerprint density at radius 3 is 2.85 bits per heavy atom. The number of halogens is 3. The lowest BCUT2D eigenvalue weighted by Crippen LogP contribution is -2.29. The number of fused-ring (bicyclic) bond motifs is 1. The van der Waals surface area contributed by atoms with Crippen LogP contribution < -0.4 is 0 Å². The van der Waals surface area contributed by atoms with Crippen molar-refractivity contribution in [1.82, 2.24) is 15.0 Å². The van der Waals surface area contributed by atoms with Gasteiger partial charge in [0.25, 0.3) is 0 Å². The molecule has 0 radical (unpaired) electrons. The first-order valence-electron chi connectivity index (χ1n) is 8.02. The van der Waals surface area contributed by atoms with Crippen LogP contribution in [0.15, 0.2) is 23.4 Å². The number of hydrogen-bond acceptors (Lipinski definition) is 6. The molecule has 1 aliphatic heterocycles. The molecule has 0 saturated carbocycles. The van der Waals surface area contributed by atoms with Crippen LogP contribution in [-0.2, 0) is 10.7 Å². The molecular weight excluding hydrogens is 349 g/mol. The summed E-state index contributed by atoms with van der Waals surface area (Å²) in [6, 6.07) is 2.31. The average molecular weight is 366 g/mol. The number of aromatic nitrogens is 2. The van der Waals surface area contributed by atoms with E-state index in [1.807, 2.05) is 6.92 Å². The van der Waals surface area contributed by atoms with E-state index in [2.05, 4.69) is 19.8 Å². The third-order valence-corrected chi connectivity index (χ3v) is 4.09. The number of alkyl halides is 2. The monoisotopic (exact) mass is 366 g/mol. The predicted molar refractivity (Wildman–Crippen MR) is 88.8 cm³/mol. The molecule has 0 bridgehead atoms. The Balaban J connectivity index is 2.11. The number of ether oxygens (including phenoxy) is 1. The van der Waals surface area contributed by atoms with E-state index in [0.29, 0.717) is 13.1 Å². The Morgan fingerprint density at radius 2 is 2.19 bits per heavy atom. The van der Waals surface area contributed by atoms with E-state index in [0.717, 1.165) is 19.4 Å². The largest absolute Gasteiger partial charge is 0.378 e. The molecule has 1 aliphatic rings. The second kappa shape index (κ2) is 6.99. The van der Waals surface area contributed by atoms with Crippen LogP contribution in [0.1, 0.15) is 23.0 Å². The number of methoxy groups -OCH3 is 1. The molecular formula is C17H17F3N4O2. The SMILES string of the molecule is CCN1CC(C(=O)c2cc3cc(F)cnc3nc2C(F)(F)COC)C=N1. The fourth-order valence-corrected chi connectivity index (χ4v) is 2.81. The summed E-state index contributed by atoms with van der Waals surface area (Å²) in [5.41, 5.74) is -1.07. The highest BCUT2D eigenvalue weighted by molar-refractivity contribution is 6.08. The average Bonchev–Trinajstić information content (AvgIpc) is 3.09. The molecule has 0 spiro atoms. The third kappa shape index (κ3) is 3.39. The number of carbonyl (C=O) groups excluding carboxylic acids is 1. The van der Waals surface area contributed by atoms with Gasteiger partial charge in [-0.15, -0.1) is 0 Å². The molecule has 1 unspecified atom stereocenters. The molecule has 1 atom stereocenters. The van der Waals surface area contributed by atoms with E-state index in [4.69, 9.17) is 0 Å². The van der Waals surface area contributed by atoms with Gasteiger partial charge in [-0.05, 0) is 19.1 Å². The highest BCUT2D eigenvalue weighted by atomic mass is 19.3. The minimum absolute atomic E-state index is 0.0657. The molecule has 0 aliphatic carbocycles. The van der Waals surface area contributed by atoms with Crippen molar-refractivity contribution >= 4 is 23.0 Å². The summed E-state index contributed by atoms with van der Waals surface area (Å²) < 4.78 is 47.1. The van der Waals surface area contributed by atoms with Gasteiger partial charge in [0.2, 0.25) is 0 Å². The molecule has 138 valence electrons. The van der Waals surface area contributed by atoms with Gasteiger partial charge < -0.3 is 4.74 Å². The minimum Gasteiger partial charge on any atom is -0.378 e. The topological polar surface area (TPSA) is 67.7 Å². The normalized spacial score (nSPS) is 17.3. The maximum atomic E-state index is 14.5. The molecule has 0 fully saturated rings. The Labute approximate surface area is 147 Å². The first-order valence-corrected chi connectivity index (χ1v) is 8.02. The zero-order valence-corrected chi connectivity index (χ0v) is 14.2. The van der Waals surface area contributed by atoms with E-state index >= 15 is 0 Å². The maximum absolute atomic E-state index is 14.5. The van der Waals surface area contributed by atoms with Gasteiger partial charge in [0.15, 0.2) is 11.4 Å². The van der Waals surface area contributed by atoms with Gasteiger partial charge in [-0.2, -0.15) is 13.9 Å². The predicted octanol–water partition coefficient (Wildman–Crippen LogP) is 2.63. The number of carbonyl (C=O) groups is 1. The summed E-state index contributed by atoms with van der Waals surface area (Å²) in [4.78, 5) is 20.4. The lowest BCUT2D eigenvalue weighted by molar-refractivity contribution is -0.0733. The molecule has 6 nitrogen and oxygen atoms in total. The smallest absolute Gasteiger partial charge is 0.313 e. The van der Waals surface area contributed by atoms with E-state index in [1.165, 1.54) is 12.3 Å². The number of ketones is 1. The molecule has 2 aromatic rings. The number of hydrogen-bond donors (Lipinski definition) is 0. The van der Waals surface area contributed by atoms with Crippen molar-refractivity contribution in [3.63, 3.8) is 0 Å². The molecule has 9 heteroatoms. The van der Waals surface area contributed by atoms with Gasteiger partial charge in [-0.25, -0.2) is 14.4 Å². The minimum atomic E-state index is -3.50. The van der Waals surface area contributed by atoms with Gasteiger partial charge in [-0.3, -0.25) is 9.80 Å². The van der Waals surface area contributed by atoms with Crippen molar-refractivity contribution in [2.75, 3.05) is 26.8 Å². The molecule has 3 heterocycles. The summed E-state index contributed by atoms with van der Waals surface area (Å²) in [6.07, 6.45) is 2.32. The van der Waals surface area contributed by atoms with Crippen LogP contribution in [0, 0.1) is 11.7 Å². The van der Waals surface area contributed by atoms with Crippen molar-refractivity contribution in [3.05, 3.63) is 35.4 Å². The quantitative estimate of drug-likeness (QED) is 0.736. The summed E-state index contributed by atoms with van der Waals surface area (Å²) >= 11 is 0. The van der Waals surface area contributed by atoms with Crippen LogP contribution in [0.2, 0.25) is 0 Å². The molecule has 0 aromatic carbocycles. The van der Waals surface area contributed by atoms with Crippen molar-refractivity contribution in [3.8, 4) is 0 Å². The number of hydrazone groups is 1. The summed E-state index contributed by atoms with van der Waals surface area (Å²) in [6.45, 7) is 1.82. The first-order chi connectivity index (χ1) is 12.4. The molecule has 0 amide bonds. The molecule has 3 rings (SSSR count). The van der Waals surface area contributed by atoms with Gasteiger partial charge in [0.1, 0.15) is 18.1 Å². The summed E-state index contributed by atoms with van der Waals surface area (Å²) in [5.74, 6) is -5.36. The lowest BCUT2D eigenvalue weighted by atomic mass is 9.94. The molecule has 0 saturated heterocycles. The number of nitrogens with zero attached hydrogens (tertiary/aromatic N) is 4.